The highest BCUT2D eigenvalue weighted by Gasteiger charge is 2.21. The fraction of sp³-hybridized carbons (Fsp3) is 0.176. The van der Waals surface area contributed by atoms with Crippen molar-refractivity contribution in [2.24, 2.45) is 0 Å². The molecule has 1 amide bonds. The van der Waals surface area contributed by atoms with Crippen LogP contribution in [-0.2, 0) is 4.74 Å². The fourth-order valence-corrected chi connectivity index (χ4v) is 2.35. The molecule has 142 valence electrons. The van der Waals surface area contributed by atoms with Crippen LogP contribution in [0.2, 0.25) is 5.02 Å². The van der Waals surface area contributed by atoms with Crippen LogP contribution in [0.15, 0.2) is 36.4 Å². The molecular formula is C17H15ClN2O7. The summed E-state index contributed by atoms with van der Waals surface area (Å²) in [4.78, 5) is 34.2. The number of carbonyl (C=O) groups excluding carboxylic acids is 1. The van der Waals surface area contributed by atoms with Gasteiger partial charge in [-0.2, -0.15) is 0 Å². The zero-order valence-corrected chi connectivity index (χ0v) is 14.9. The Hall–Kier alpha value is -3.17. The monoisotopic (exact) mass is 394 g/mol. The summed E-state index contributed by atoms with van der Waals surface area (Å²) < 4.78 is 10.2. The molecule has 0 radical (unpaired) electrons. The zero-order chi connectivity index (χ0) is 20.0. The van der Waals surface area contributed by atoms with E-state index in [4.69, 9.17) is 21.1 Å². The number of carbonyl (C=O) groups is 2. The molecule has 2 rings (SSSR count). The molecule has 2 aromatic rings. The summed E-state index contributed by atoms with van der Waals surface area (Å²) in [5, 5.41) is 23.0. The lowest BCUT2D eigenvalue weighted by Crippen LogP contribution is -2.15. The first kappa shape index (κ1) is 20.1. The van der Waals surface area contributed by atoms with Gasteiger partial charge in [0.2, 0.25) is 0 Å². The minimum absolute atomic E-state index is 0.107. The van der Waals surface area contributed by atoms with Crippen LogP contribution in [-0.4, -0.2) is 42.2 Å². The van der Waals surface area contributed by atoms with Gasteiger partial charge in [0.15, 0.2) is 0 Å². The SMILES string of the molecule is COCCOc1ccc(NC(=O)c2ccc(Cl)cc2[N+](=O)[O-])cc1C(=O)O. The minimum atomic E-state index is -1.25. The van der Waals surface area contributed by atoms with Gasteiger partial charge >= 0.3 is 5.97 Å². The number of anilines is 1. The summed E-state index contributed by atoms with van der Waals surface area (Å²) in [6.07, 6.45) is 0. The lowest BCUT2D eigenvalue weighted by atomic mass is 10.1. The quantitative estimate of drug-likeness (QED) is 0.399. The number of nitro benzene ring substituents is 1. The smallest absolute Gasteiger partial charge is 0.339 e. The van der Waals surface area contributed by atoms with Crippen LogP contribution >= 0.6 is 11.6 Å². The van der Waals surface area contributed by atoms with E-state index in [9.17, 15) is 24.8 Å². The Labute approximate surface area is 158 Å². The van der Waals surface area contributed by atoms with E-state index in [2.05, 4.69) is 5.32 Å². The molecule has 2 aromatic carbocycles. The molecule has 0 unspecified atom stereocenters. The molecule has 0 heterocycles. The third kappa shape index (κ3) is 5.16. The van der Waals surface area contributed by atoms with Gasteiger partial charge < -0.3 is 19.9 Å². The Morgan fingerprint density at radius 2 is 1.93 bits per heavy atom. The maximum absolute atomic E-state index is 12.4. The highest BCUT2D eigenvalue weighted by Crippen LogP contribution is 2.26. The van der Waals surface area contributed by atoms with E-state index in [1.54, 1.807) is 0 Å². The molecular weight excluding hydrogens is 380 g/mol. The van der Waals surface area contributed by atoms with Gasteiger partial charge in [-0.15, -0.1) is 0 Å². The second-order valence-electron chi connectivity index (χ2n) is 5.23. The molecule has 0 bridgehead atoms. The van der Waals surface area contributed by atoms with Crippen LogP contribution in [0, 0.1) is 10.1 Å². The highest BCUT2D eigenvalue weighted by atomic mass is 35.5. The van der Waals surface area contributed by atoms with E-state index in [0.29, 0.717) is 0 Å². The van der Waals surface area contributed by atoms with Gasteiger partial charge in [0.05, 0.1) is 11.5 Å². The Morgan fingerprint density at radius 3 is 2.56 bits per heavy atom. The number of methoxy groups -OCH3 is 1. The average molecular weight is 395 g/mol. The molecule has 0 aliphatic carbocycles. The molecule has 0 saturated heterocycles. The van der Waals surface area contributed by atoms with Crippen LogP contribution < -0.4 is 10.1 Å². The molecule has 0 saturated carbocycles. The summed E-state index contributed by atoms with van der Waals surface area (Å²) in [5.41, 5.74) is -0.699. The number of hydrogen-bond donors (Lipinski definition) is 2. The average Bonchev–Trinajstić information content (AvgIpc) is 2.62. The number of nitrogens with one attached hydrogen (secondary N) is 1. The highest BCUT2D eigenvalue weighted by molar-refractivity contribution is 6.31. The van der Waals surface area contributed by atoms with Gasteiger partial charge in [-0.3, -0.25) is 14.9 Å². The van der Waals surface area contributed by atoms with Gasteiger partial charge in [-0.05, 0) is 30.3 Å². The van der Waals surface area contributed by atoms with E-state index in [0.717, 1.165) is 6.07 Å². The Morgan fingerprint density at radius 1 is 1.19 bits per heavy atom. The molecule has 0 aliphatic heterocycles. The number of carboxylic acid groups (broad SMARTS) is 1. The van der Waals surface area contributed by atoms with Gasteiger partial charge in [0.1, 0.15) is 23.5 Å². The standard InChI is InChI=1S/C17H15ClN2O7/c1-26-6-7-27-15-5-3-11(9-13(15)17(22)23)19-16(21)12-4-2-10(18)8-14(12)20(24)25/h2-5,8-9H,6-7H2,1H3,(H,19,21)(H,22,23). The van der Waals surface area contributed by atoms with Crippen LogP contribution in [0.1, 0.15) is 20.7 Å². The summed E-state index contributed by atoms with van der Waals surface area (Å²) in [7, 11) is 1.48. The van der Waals surface area contributed by atoms with E-state index in [-0.39, 0.29) is 40.8 Å². The molecule has 9 nitrogen and oxygen atoms in total. The van der Waals surface area contributed by atoms with Crippen LogP contribution in [0.3, 0.4) is 0 Å². The normalized spacial score (nSPS) is 10.3. The van der Waals surface area contributed by atoms with Crippen molar-refractivity contribution >= 4 is 34.9 Å². The van der Waals surface area contributed by atoms with Crippen molar-refractivity contribution in [3.05, 3.63) is 62.7 Å². The first-order valence-electron chi connectivity index (χ1n) is 7.58. The topological polar surface area (TPSA) is 128 Å². The second kappa shape index (κ2) is 8.97. The molecule has 0 aromatic heterocycles. The van der Waals surface area contributed by atoms with Gasteiger partial charge in [0.25, 0.3) is 11.6 Å². The summed E-state index contributed by atoms with van der Waals surface area (Å²) in [6.45, 7) is 0.428. The predicted molar refractivity (Wildman–Crippen MR) is 96.8 cm³/mol. The lowest BCUT2D eigenvalue weighted by molar-refractivity contribution is -0.385. The maximum atomic E-state index is 12.4. The molecule has 0 atom stereocenters. The van der Waals surface area contributed by atoms with E-state index >= 15 is 0 Å². The molecule has 0 fully saturated rings. The number of hydrogen-bond acceptors (Lipinski definition) is 6. The van der Waals surface area contributed by atoms with Gasteiger partial charge in [-0.25, -0.2) is 4.79 Å². The van der Waals surface area contributed by atoms with Crippen molar-refractivity contribution in [3.63, 3.8) is 0 Å². The Bertz CT molecular complexity index is 886. The number of amides is 1. The summed E-state index contributed by atoms with van der Waals surface area (Å²) in [5.74, 6) is -1.92. The zero-order valence-electron chi connectivity index (χ0n) is 14.1. The van der Waals surface area contributed by atoms with E-state index in [1.807, 2.05) is 0 Å². The van der Waals surface area contributed by atoms with Crippen molar-refractivity contribution in [3.8, 4) is 5.75 Å². The number of rotatable bonds is 8. The van der Waals surface area contributed by atoms with E-state index in [1.165, 1.54) is 37.4 Å². The minimum Gasteiger partial charge on any atom is -0.490 e. The third-order valence-corrected chi connectivity index (χ3v) is 3.65. The largest absolute Gasteiger partial charge is 0.490 e. The first-order chi connectivity index (χ1) is 12.8. The number of benzene rings is 2. The summed E-state index contributed by atoms with van der Waals surface area (Å²) >= 11 is 5.73. The molecule has 2 N–H and O–H groups in total. The summed E-state index contributed by atoms with van der Waals surface area (Å²) in [6, 6.07) is 7.63. The number of aromatic carboxylic acids is 1. The Kier molecular flexibility index (Phi) is 6.69. The van der Waals surface area contributed by atoms with Crippen molar-refractivity contribution in [1.82, 2.24) is 0 Å². The van der Waals surface area contributed by atoms with Crippen molar-refractivity contribution in [2.75, 3.05) is 25.6 Å². The molecule has 10 heteroatoms. The number of nitro groups is 1. The molecule has 0 aliphatic rings. The first-order valence-corrected chi connectivity index (χ1v) is 7.95. The number of ether oxygens (including phenoxy) is 2. The van der Waals surface area contributed by atoms with E-state index < -0.39 is 22.5 Å². The van der Waals surface area contributed by atoms with Crippen LogP contribution in [0.25, 0.3) is 0 Å². The van der Waals surface area contributed by atoms with Crippen LogP contribution in [0.4, 0.5) is 11.4 Å². The Balaban J connectivity index is 2.27. The van der Waals surface area contributed by atoms with Gasteiger partial charge in [-0.1, -0.05) is 11.6 Å². The van der Waals surface area contributed by atoms with Gasteiger partial charge in [0, 0.05) is 23.9 Å². The van der Waals surface area contributed by atoms with Crippen molar-refractivity contribution in [2.45, 2.75) is 0 Å². The lowest BCUT2D eigenvalue weighted by Gasteiger charge is -2.11. The molecule has 0 spiro atoms. The maximum Gasteiger partial charge on any atom is 0.339 e. The number of halogens is 1. The molecule has 27 heavy (non-hydrogen) atoms. The second-order valence-corrected chi connectivity index (χ2v) is 5.67. The number of carboxylic acids is 1. The number of nitrogens with zero attached hydrogens (tertiary/aromatic N) is 1. The van der Waals surface area contributed by atoms with Crippen molar-refractivity contribution in [1.29, 1.82) is 0 Å². The predicted octanol–water partition coefficient (Wildman–Crippen LogP) is 3.22. The van der Waals surface area contributed by atoms with Crippen molar-refractivity contribution < 1.29 is 29.1 Å². The fourth-order valence-electron chi connectivity index (χ4n) is 2.18. The third-order valence-electron chi connectivity index (χ3n) is 3.41. The van der Waals surface area contributed by atoms with Crippen LogP contribution in [0.5, 0.6) is 5.75 Å².